The van der Waals surface area contributed by atoms with E-state index in [9.17, 15) is 18.4 Å². The molecule has 0 spiro atoms. The Morgan fingerprint density at radius 3 is 2.38 bits per heavy atom. The second-order valence-corrected chi connectivity index (χ2v) is 7.38. The van der Waals surface area contributed by atoms with Crippen molar-refractivity contribution in [3.8, 4) is 11.3 Å². The zero-order valence-corrected chi connectivity index (χ0v) is 18.0. The summed E-state index contributed by atoms with van der Waals surface area (Å²) in [5, 5.41) is 9.44. The molecule has 1 atom stereocenters. The van der Waals surface area contributed by atoms with Gasteiger partial charge in [-0.1, -0.05) is 6.07 Å². The molecule has 0 radical (unpaired) electrons. The van der Waals surface area contributed by atoms with Gasteiger partial charge in [0.25, 0.3) is 0 Å². The number of oxazole rings is 1. The molecule has 2 aromatic carbocycles. The van der Waals surface area contributed by atoms with Crippen LogP contribution in [-0.2, 0) is 16.0 Å². The lowest BCUT2D eigenvalue weighted by molar-refractivity contribution is -0.119. The van der Waals surface area contributed by atoms with Crippen LogP contribution in [0.25, 0.3) is 11.3 Å². The lowest BCUT2D eigenvalue weighted by Gasteiger charge is -2.12. The van der Waals surface area contributed by atoms with Gasteiger partial charge in [0, 0.05) is 24.2 Å². The summed E-state index contributed by atoms with van der Waals surface area (Å²) < 4.78 is 34.6. The molecule has 0 aliphatic carbocycles. The van der Waals surface area contributed by atoms with Crippen LogP contribution in [0.2, 0.25) is 0 Å². The summed E-state index contributed by atoms with van der Waals surface area (Å²) in [7, 11) is 0. The first-order chi connectivity index (χ1) is 16.4. The van der Waals surface area contributed by atoms with Gasteiger partial charge >= 0.3 is 0 Å². The lowest BCUT2D eigenvalue weighted by atomic mass is 10.1. The molecule has 4 aromatic rings. The van der Waals surface area contributed by atoms with Crippen LogP contribution in [0, 0.1) is 11.6 Å². The molecular weight excluding hydrogens is 446 g/mol. The fourth-order valence-electron chi connectivity index (χ4n) is 3.14. The third-order valence-electron chi connectivity index (χ3n) is 4.98. The van der Waals surface area contributed by atoms with E-state index in [-0.39, 0.29) is 41.9 Å². The van der Waals surface area contributed by atoms with Gasteiger partial charge in [0.1, 0.15) is 30.3 Å². The van der Waals surface area contributed by atoms with Crippen molar-refractivity contribution in [3.05, 3.63) is 78.8 Å². The maximum Gasteiger partial charge on any atom is 0.249 e. The minimum Gasteiger partial charge on any atom is -0.441 e. The average molecular weight is 466 g/mol. The quantitative estimate of drug-likeness (QED) is 0.406. The molecule has 0 aliphatic heterocycles. The first-order valence-corrected chi connectivity index (χ1v) is 10.3. The molecule has 2 aromatic heterocycles. The van der Waals surface area contributed by atoms with Gasteiger partial charge in [-0.3, -0.25) is 9.59 Å². The number of nitrogens with zero attached hydrogens (tertiary/aromatic N) is 4. The fraction of sp³-hybridized carbons (Fsp3) is 0.174. The minimum absolute atomic E-state index is 0.0400. The lowest BCUT2D eigenvalue weighted by Crippen LogP contribution is -2.24. The largest absolute Gasteiger partial charge is 0.441 e. The highest BCUT2D eigenvalue weighted by Gasteiger charge is 2.17. The number of hydrogen-bond acceptors (Lipinski definition) is 6. The highest BCUT2D eigenvalue weighted by atomic mass is 19.1. The van der Waals surface area contributed by atoms with Crippen molar-refractivity contribution in [2.24, 2.45) is 0 Å². The van der Waals surface area contributed by atoms with Gasteiger partial charge in [0.05, 0.1) is 11.8 Å². The molecule has 11 heteroatoms. The molecule has 34 heavy (non-hydrogen) atoms. The monoisotopic (exact) mass is 466 g/mol. The second kappa shape index (κ2) is 10.0. The summed E-state index contributed by atoms with van der Waals surface area (Å²) in [5.74, 6) is -1.92. The molecule has 0 fully saturated rings. The van der Waals surface area contributed by atoms with Crippen molar-refractivity contribution in [1.82, 2.24) is 19.7 Å². The summed E-state index contributed by atoms with van der Waals surface area (Å²) in [6.07, 6.45) is 4.24. The number of anilines is 2. The highest BCUT2D eigenvalue weighted by Crippen LogP contribution is 2.27. The smallest absolute Gasteiger partial charge is 0.249 e. The Balaban J connectivity index is 1.28. The average Bonchev–Trinajstić information content (AvgIpc) is 3.51. The van der Waals surface area contributed by atoms with Gasteiger partial charge < -0.3 is 15.1 Å². The number of aromatic nitrogens is 4. The number of benzene rings is 2. The van der Waals surface area contributed by atoms with Crippen LogP contribution in [0.3, 0.4) is 0 Å². The van der Waals surface area contributed by atoms with E-state index in [1.54, 1.807) is 31.2 Å². The maximum absolute atomic E-state index is 13.9. The van der Waals surface area contributed by atoms with Crippen LogP contribution in [0.1, 0.15) is 25.3 Å². The molecule has 174 valence electrons. The number of amides is 2. The van der Waals surface area contributed by atoms with E-state index in [2.05, 4.69) is 25.7 Å². The third-order valence-corrected chi connectivity index (χ3v) is 4.98. The number of hydrogen-bond donors (Lipinski definition) is 2. The highest BCUT2D eigenvalue weighted by molar-refractivity contribution is 5.94. The van der Waals surface area contributed by atoms with E-state index in [0.717, 1.165) is 12.1 Å². The normalized spacial score (nSPS) is 11.7. The standard InChI is InChI=1S/C23H20F2N6O3/c1-14(31-13-26-12-28-31)23(33)30-16-7-5-15(6-8-16)29-20(32)9-10-21-27-11-19(34-21)22-17(24)3-2-4-18(22)25/h2-8,11-14H,9-10H2,1H3,(H,29,32)(H,30,33). The number of nitrogens with one attached hydrogen (secondary N) is 2. The van der Waals surface area contributed by atoms with E-state index in [1.165, 1.54) is 29.6 Å². The molecule has 4 rings (SSSR count). The number of rotatable bonds is 8. The SMILES string of the molecule is CC(C(=O)Nc1ccc(NC(=O)CCc2ncc(-c3c(F)cccc3F)o2)cc1)n1cncn1. The van der Waals surface area contributed by atoms with Crippen molar-refractivity contribution in [1.29, 1.82) is 0 Å². The van der Waals surface area contributed by atoms with Crippen molar-refractivity contribution in [2.75, 3.05) is 10.6 Å². The first-order valence-electron chi connectivity index (χ1n) is 10.3. The molecule has 0 bridgehead atoms. The Morgan fingerprint density at radius 1 is 1.06 bits per heavy atom. The number of halogens is 2. The molecule has 0 saturated heterocycles. The number of aryl methyl sites for hydroxylation is 1. The van der Waals surface area contributed by atoms with Gasteiger partial charge in [-0.15, -0.1) is 0 Å². The Morgan fingerprint density at radius 2 is 1.74 bits per heavy atom. The van der Waals surface area contributed by atoms with Crippen LogP contribution in [0.4, 0.5) is 20.2 Å². The predicted octanol–water partition coefficient (Wildman–Crippen LogP) is 3.98. The van der Waals surface area contributed by atoms with Crippen molar-refractivity contribution < 1.29 is 22.8 Å². The molecule has 0 aliphatic rings. The van der Waals surface area contributed by atoms with E-state index in [1.807, 2.05) is 0 Å². The molecule has 1 unspecified atom stereocenters. The van der Waals surface area contributed by atoms with Crippen molar-refractivity contribution in [3.63, 3.8) is 0 Å². The summed E-state index contributed by atoms with van der Waals surface area (Å²) in [6, 6.07) is 9.60. The van der Waals surface area contributed by atoms with Crippen LogP contribution < -0.4 is 10.6 Å². The van der Waals surface area contributed by atoms with Crippen molar-refractivity contribution in [2.45, 2.75) is 25.8 Å². The van der Waals surface area contributed by atoms with Gasteiger partial charge in [-0.2, -0.15) is 5.10 Å². The van der Waals surface area contributed by atoms with E-state index in [4.69, 9.17) is 4.42 Å². The third kappa shape index (κ3) is 5.31. The molecule has 9 nitrogen and oxygen atoms in total. The zero-order chi connectivity index (χ0) is 24.1. The van der Waals surface area contributed by atoms with Crippen LogP contribution >= 0.6 is 0 Å². The number of carbonyl (C=O) groups excluding carboxylic acids is 2. The summed E-state index contributed by atoms with van der Waals surface area (Å²) >= 11 is 0. The van der Waals surface area contributed by atoms with Gasteiger partial charge in [-0.25, -0.2) is 23.4 Å². The van der Waals surface area contributed by atoms with Crippen LogP contribution in [0.5, 0.6) is 0 Å². The van der Waals surface area contributed by atoms with Gasteiger partial charge in [-0.05, 0) is 43.3 Å². The molecule has 2 heterocycles. The number of carbonyl (C=O) groups is 2. The van der Waals surface area contributed by atoms with Crippen molar-refractivity contribution >= 4 is 23.2 Å². The topological polar surface area (TPSA) is 115 Å². The molecule has 2 amide bonds. The van der Waals surface area contributed by atoms with E-state index in [0.29, 0.717) is 11.4 Å². The minimum atomic E-state index is -0.757. The fourth-order valence-corrected chi connectivity index (χ4v) is 3.14. The summed E-state index contributed by atoms with van der Waals surface area (Å²) in [5.41, 5.74) is 0.796. The molecule has 0 saturated carbocycles. The zero-order valence-electron chi connectivity index (χ0n) is 18.0. The maximum atomic E-state index is 13.9. The second-order valence-electron chi connectivity index (χ2n) is 7.38. The Labute approximate surface area is 192 Å². The molecular formula is C23H20F2N6O3. The van der Waals surface area contributed by atoms with Crippen LogP contribution in [0.15, 0.2) is 65.7 Å². The van der Waals surface area contributed by atoms with Crippen LogP contribution in [-0.4, -0.2) is 31.6 Å². The van der Waals surface area contributed by atoms with Gasteiger partial charge in [0.2, 0.25) is 11.8 Å². The van der Waals surface area contributed by atoms with E-state index < -0.39 is 17.7 Å². The molecule has 2 N–H and O–H groups in total. The summed E-state index contributed by atoms with van der Waals surface area (Å²) in [4.78, 5) is 32.4. The first kappa shape index (κ1) is 22.8. The Bertz CT molecular complexity index is 1270. The Hall–Kier alpha value is -4.41. The van der Waals surface area contributed by atoms with E-state index >= 15 is 0 Å². The Kier molecular flexibility index (Phi) is 6.72. The van der Waals surface area contributed by atoms with Gasteiger partial charge in [0.15, 0.2) is 11.7 Å². The summed E-state index contributed by atoms with van der Waals surface area (Å²) in [6.45, 7) is 1.70. The predicted molar refractivity (Wildman–Crippen MR) is 119 cm³/mol.